The van der Waals surface area contributed by atoms with E-state index in [0.717, 1.165) is 60.0 Å². The molecule has 6 aromatic rings. The molecule has 1 fully saturated rings. The number of fused-ring (bicyclic) bond motifs is 2. The summed E-state index contributed by atoms with van der Waals surface area (Å²) in [5.74, 6) is -0.461. The molecular weight excluding hydrogens is 558 g/mol. The largest absolute Gasteiger partial charge is 0.477 e. The topological polar surface area (TPSA) is 68.0 Å². The average molecular weight is 584 g/mol. The number of nitrogens with zero attached hydrogens (tertiary/aromatic N) is 3. The van der Waals surface area contributed by atoms with Crippen LogP contribution >= 0.6 is 34.3 Å². The van der Waals surface area contributed by atoms with Gasteiger partial charge in [0.15, 0.2) is 0 Å². The minimum atomic E-state index is -0.868. The Morgan fingerprint density at radius 1 is 0.975 bits per heavy atom. The Morgan fingerprint density at radius 2 is 1.80 bits per heavy atom. The lowest BCUT2D eigenvalue weighted by Crippen LogP contribution is -2.08. The van der Waals surface area contributed by atoms with Crippen LogP contribution in [0.25, 0.3) is 42.9 Å². The van der Waals surface area contributed by atoms with Crippen molar-refractivity contribution in [3.05, 3.63) is 93.4 Å². The van der Waals surface area contributed by atoms with E-state index >= 15 is 0 Å². The first-order valence-electron chi connectivity index (χ1n) is 13.5. The van der Waals surface area contributed by atoms with Gasteiger partial charge in [0.05, 0.1) is 36.3 Å². The van der Waals surface area contributed by atoms with Gasteiger partial charge in [0, 0.05) is 24.3 Å². The summed E-state index contributed by atoms with van der Waals surface area (Å²) >= 11 is 9.12. The van der Waals surface area contributed by atoms with E-state index in [2.05, 4.69) is 39.9 Å². The van der Waals surface area contributed by atoms with Crippen molar-refractivity contribution >= 4 is 61.4 Å². The van der Waals surface area contributed by atoms with Gasteiger partial charge in [-0.3, -0.25) is 4.98 Å². The molecule has 0 unspecified atom stereocenters. The maximum absolute atomic E-state index is 12.0. The maximum Gasteiger partial charge on any atom is 0.345 e. The second-order valence-corrected chi connectivity index (χ2v) is 13.1. The summed E-state index contributed by atoms with van der Waals surface area (Å²) in [6, 6.07) is 20.5. The molecule has 8 heteroatoms. The molecule has 0 atom stereocenters. The van der Waals surface area contributed by atoms with E-state index in [9.17, 15) is 9.90 Å². The van der Waals surface area contributed by atoms with Gasteiger partial charge in [0.25, 0.3) is 0 Å². The number of hydrogen-bond donors (Lipinski definition) is 1. The fourth-order valence-electron chi connectivity index (χ4n) is 6.03. The Bertz CT molecular complexity index is 1870. The molecule has 0 radical (unpaired) electrons. The number of pyridine rings is 2. The number of carbonyl (C=O) groups is 1. The number of aromatic nitrogens is 3. The van der Waals surface area contributed by atoms with E-state index in [1.54, 1.807) is 0 Å². The molecule has 0 spiro atoms. The zero-order valence-electron chi connectivity index (χ0n) is 21.6. The van der Waals surface area contributed by atoms with Gasteiger partial charge >= 0.3 is 5.97 Å². The summed E-state index contributed by atoms with van der Waals surface area (Å²) in [7, 11) is 0. The zero-order chi connectivity index (χ0) is 27.2. The summed E-state index contributed by atoms with van der Waals surface area (Å²) in [6.07, 6.45) is 9.55. The van der Waals surface area contributed by atoms with Gasteiger partial charge in [-0.2, -0.15) is 0 Å². The Kier molecular flexibility index (Phi) is 6.66. The number of halogens is 1. The van der Waals surface area contributed by atoms with Crippen molar-refractivity contribution < 1.29 is 9.90 Å². The molecule has 5 nitrogen and oxygen atoms in total. The van der Waals surface area contributed by atoms with Crippen LogP contribution in [0.5, 0.6) is 0 Å². The predicted octanol–water partition coefficient (Wildman–Crippen LogP) is 9.49. The van der Waals surface area contributed by atoms with Gasteiger partial charge in [-0.25, -0.2) is 9.78 Å². The van der Waals surface area contributed by atoms with Crippen LogP contribution in [0.3, 0.4) is 0 Å². The number of aromatic carboxylic acids is 1. The SMILES string of the molecule is O=C(O)c1cc2c(s1)c(C1CCCCC1)c(-c1ccc3nc(-c4ccc(Cl)s4)ccc3c1)n2Cc1ccncc1. The van der Waals surface area contributed by atoms with Gasteiger partial charge in [0.1, 0.15) is 4.88 Å². The van der Waals surface area contributed by atoms with Crippen molar-refractivity contribution in [2.24, 2.45) is 0 Å². The zero-order valence-corrected chi connectivity index (χ0v) is 24.0. The molecule has 0 aliphatic heterocycles. The number of hydrogen-bond acceptors (Lipinski definition) is 5. The van der Waals surface area contributed by atoms with Crippen molar-refractivity contribution in [2.75, 3.05) is 0 Å². The summed E-state index contributed by atoms with van der Waals surface area (Å²) < 4.78 is 4.19. The molecule has 0 bridgehead atoms. The summed E-state index contributed by atoms with van der Waals surface area (Å²) in [5, 5.41) is 11.0. The highest BCUT2D eigenvalue weighted by atomic mass is 35.5. The van der Waals surface area contributed by atoms with Crippen LogP contribution in [-0.4, -0.2) is 25.6 Å². The molecule has 40 heavy (non-hydrogen) atoms. The number of carboxylic acid groups (broad SMARTS) is 1. The second-order valence-electron chi connectivity index (χ2n) is 10.4. The monoisotopic (exact) mass is 583 g/mol. The first-order valence-corrected chi connectivity index (χ1v) is 15.5. The summed E-state index contributed by atoms with van der Waals surface area (Å²) in [6.45, 7) is 0.644. The number of thiophene rings is 2. The molecule has 200 valence electrons. The lowest BCUT2D eigenvalue weighted by Gasteiger charge is -2.24. The van der Waals surface area contributed by atoms with Gasteiger partial charge in [0.2, 0.25) is 0 Å². The van der Waals surface area contributed by atoms with Crippen LogP contribution in [-0.2, 0) is 6.54 Å². The summed E-state index contributed by atoms with van der Waals surface area (Å²) in [5.41, 5.74) is 7.62. The predicted molar refractivity (Wildman–Crippen MR) is 165 cm³/mol. The van der Waals surface area contributed by atoms with E-state index < -0.39 is 5.97 Å². The van der Waals surface area contributed by atoms with Crippen molar-refractivity contribution in [3.8, 4) is 21.8 Å². The van der Waals surface area contributed by atoms with Gasteiger partial charge in [-0.05, 0) is 84.0 Å². The molecular formula is C32H26ClN3O2S2. The minimum absolute atomic E-state index is 0.390. The normalized spacial score (nSPS) is 14.3. The molecule has 7 rings (SSSR count). The molecule has 1 aliphatic carbocycles. The number of carboxylic acids is 1. The van der Waals surface area contributed by atoms with Crippen LogP contribution in [0.15, 0.2) is 73.1 Å². The van der Waals surface area contributed by atoms with Crippen LogP contribution in [0.2, 0.25) is 4.34 Å². The molecule has 1 saturated carbocycles. The minimum Gasteiger partial charge on any atom is -0.477 e. The maximum atomic E-state index is 12.0. The van der Waals surface area contributed by atoms with E-state index in [-0.39, 0.29) is 0 Å². The Balaban J connectivity index is 1.43. The van der Waals surface area contributed by atoms with Crippen LogP contribution < -0.4 is 0 Å². The number of benzene rings is 1. The van der Waals surface area contributed by atoms with Crippen molar-refractivity contribution in [1.29, 1.82) is 0 Å². The van der Waals surface area contributed by atoms with E-state index in [4.69, 9.17) is 16.6 Å². The summed E-state index contributed by atoms with van der Waals surface area (Å²) in [4.78, 5) is 22.6. The highest BCUT2D eigenvalue weighted by Gasteiger charge is 2.29. The highest BCUT2D eigenvalue weighted by molar-refractivity contribution is 7.21. The van der Waals surface area contributed by atoms with Gasteiger partial charge in [-0.1, -0.05) is 43.0 Å². The van der Waals surface area contributed by atoms with E-state index in [1.807, 2.05) is 42.7 Å². The number of rotatable bonds is 6. The lowest BCUT2D eigenvalue weighted by molar-refractivity contribution is 0.0702. The van der Waals surface area contributed by atoms with Crippen molar-refractivity contribution in [1.82, 2.24) is 14.5 Å². The first kappa shape index (κ1) is 25.4. The van der Waals surface area contributed by atoms with E-state index in [0.29, 0.717) is 17.3 Å². The third kappa shape index (κ3) is 4.62. The standard InChI is InChI=1S/C32H26ClN3O2S2/c33-28-11-10-26(39-28)24-9-6-21-16-22(7-8-23(21)35-24)30-29(20-4-2-1-3-5-20)31-25(17-27(40-31)32(37)38)36(30)18-19-12-14-34-15-13-19/h6-17,20H,1-5,18H2,(H,37,38). The molecule has 1 N–H and O–H groups in total. The molecule has 1 aliphatic rings. The average Bonchev–Trinajstić information content (AvgIpc) is 3.68. The molecule has 5 aromatic heterocycles. The highest BCUT2D eigenvalue weighted by Crippen LogP contribution is 2.47. The second kappa shape index (κ2) is 10.5. The Morgan fingerprint density at radius 3 is 2.55 bits per heavy atom. The van der Waals surface area contributed by atoms with Gasteiger partial charge in [-0.15, -0.1) is 22.7 Å². The van der Waals surface area contributed by atoms with E-state index in [1.165, 1.54) is 53.2 Å². The van der Waals surface area contributed by atoms with Crippen molar-refractivity contribution in [2.45, 2.75) is 44.6 Å². The van der Waals surface area contributed by atoms with Crippen LogP contribution in [0, 0.1) is 0 Å². The molecule has 1 aromatic carbocycles. The van der Waals surface area contributed by atoms with Crippen LogP contribution in [0.4, 0.5) is 0 Å². The molecule has 5 heterocycles. The fraction of sp³-hybridized carbons (Fsp3) is 0.219. The lowest BCUT2D eigenvalue weighted by atomic mass is 9.83. The third-order valence-corrected chi connectivity index (χ3v) is 10.3. The van der Waals surface area contributed by atoms with Gasteiger partial charge < -0.3 is 9.67 Å². The Hall–Kier alpha value is -3.52. The molecule has 0 saturated heterocycles. The first-order chi connectivity index (χ1) is 19.5. The quantitative estimate of drug-likeness (QED) is 0.212. The smallest absolute Gasteiger partial charge is 0.345 e. The van der Waals surface area contributed by atoms with Crippen molar-refractivity contribution in [3.63, 3.8) is 0 Å². The fourth-order valence-corrected chi connectivity index (χ4v) is 8.17. The Labute approximate surface area is 244 Å². The third-order valence-electron chi connectivity index (χ3n) is 7.88. The molecule has 0 amide bonds. The van der Waals surface area contributed by atoms with Crippen LogP contribution in [0.1, 0.15) is 58.8 Å².